The van der Waals surface area contributed by atoms with Crippen LogP contribution in [0, 0.1) is 0 Å². The minimum absolute atomic E-state index is 0.0870. The van der Waals surface area contributed by atoms with E-state index < -0.39 is 0 Å². The highest BCUT2D eigenvalue weighted by Crippen LogP contribution is 2.32. The monoisotopic (exact) mass is 223 g/mol. The van der Waals surface area contributed by atoms with E-state index in [2.05, 4.69) is 5.32 Å². The minimum atomic E-state index is -0.266. The van der Waals surface area contributed by atoms with Crippen LogP contribution < -0.4 is 14.8 Å². The number of nitrogens with one attached hydrogen (secondary N) is 1. The molecule has 1 amide bonds. The third-order valence-corrected chi connectivity index (χ3v) is 2.29. The summed E-state index contributed by atoms with van der Waals surface area (Å²) >= 11 is 0. The smallest absolute Gasteiger partial charge is 0.251 e. The van der Waals surface area contributed by atoms with Crippen LogP contribution in [-0.4, -0.2) is 30.5 Å². The SMILES string of the molecule is CC(CO)NC(=O)c1ccc2c(c1)OCO2. The van der Waals surface area contributed by atoms with Gasteiger partial charge in [0.15, 0.2) is 11.5 Å². The van der Waals surface area contributed by atoms with Crippen LogP contribution >= 0.6 is 0 Å². The molecule has 1 aliphatic rings. The van der Waals surface area contributed by atoms with Crippen LogP contribution in [0.2, 0.25) is 0 Å². The summed E-state index contributed by atoms with van der Waals surface area (Å²) in [5, 5.41) is 11.5. The van der Waals surface area contributed by atoms with Gasteiger partial charge in [0, 0.05) is 11.6 Å². The predicted molar refractivity (Wildman–Crippen MR) is 56.6 cm³/mol. The molecule has 1 aliphatic heterocycles. The van der Waals surface area contributed by atoms with Gasteiger partial charge in [-0.25, -0.2) is 0 Å². The molecule has 2 N–H and O–H groups in total. The summed E-state index contributed by atoms with van der Waals surface area (Å²) < 4.78 is 10.3. The number of aliphatic hydroxyl groups excluding tert-OH is 1. The first kappa shape index (κ1) is 10.8. The topological polar surface area (TPSA) is 67.8 Å². The highest BCUT2D eigenvalue weighted by Gasteiger charge is 2.16. The molecule has 5 nitrogen and oxygen atoms in total. The Morgan fingerprint density at radius 3 is 3.00 bits per heavy atom. The van der Waals surface area contributed by atoms with Crippen molar-refractivity contribution in [1.29, 1.82) is 0 Å². The molecule has 0 radical (unpaired) electrons. The third-order valence-electron chi connectivity index (χ3n) is 2.29. The van der Waals surface area contributed by atoms with Gasteiger partial charge in [-0.2, -0.15) is 0 Å². The van der Waals surface area contributed by atoms with Gasteiger partial charge in [0.2, 0.25) is 6.79 Å². The van der Waals surface area contributed by atoms with Crippen molar-refractivity contribution in [2.45, 2.75) is 13.0 Å². The van der Waals surface area contributed by atoms with Crippen LogP contribution in [0.1, 0.15) is 17.3 Å². The zero-order chi connectivity index (χ0) is 11.5. The quantitative estimate of drug-likeness (QED) is 0.784. The maximum atomic E-state index is 11.7. The number of aliphatic hydroxyl groups is 1. The highest BCUT2D eigenvalue weighted by atomic mass is 16.7. The van der Waals surface area contributed by atoms with E-state index in [0.717, 1.165) is 0 Å². The zero-order valence-electron chi connectivity index (χ0n) is 8.90. The number of hydrogen-bond donors (Lipinski definition) is 2. The van der Waals surface area contributed by atoms with Crippen LogP contribution in [0.4, 0.5) is 0 Å². The molecule has 0 bridgehead atoms. The van der Waals surface area contributed by atoms with E-state index in [9.17, 15) is 4.79 Å². The minimum Gasteiger partial charge on any atom is -0.454 e. The Hall–Kier alpha value is -1.75. The van der Waals surface area contributed by atoms with E-state index in [1.54, 1.807) is 25.1 Å². The molecule has 0 aromatic heterocycles. The lowest BCUT2D eigenvalue weighted by molar-refractivity contribution is 0.0922. The Kier molecular flexibility index (Phi) is 2.96. The van der Waals surface area contributed by atoms with Crippen LogP contribution in [0.5, 0.6) is 11.5 Å². The molecule has 16 heavy (non-hydrogen) atoms. The molecule has 86 valence electrons. The number of amides is 1. The van der Waals surface area contributed by atoms with Gasteiger partial charge in [-0.3, -0.25) is 4.79 Å². The first-order valence-corrected chi connectivity index (χ1v) is 5.02. The summed E-state index contributed by atoms with van der Waals surface area (Å²) in [6, 6.07) is 4.72. The molecule has 1 heterocycles. The van der Waals surface area contributed by atoms with Crippen molar-refractivity contribution in [1.82, 2.24) is 5.32 Å². The molecule has 0 fully saturated rings. The molecule has 0 aliphatic carbocycles. The molecule has 0 saturated carbocycles. The lowest BCUT2D eigenvalue weighted by atomic mass is 10.2. The molecule has 1 unspecified atom stereocenters. The number of benzene rings is 1. The zero-order valence-corrected chi connectivity index (χ0v) is 8.90. The van der Waals surface area contributed by atoms with Gasteiger partial charge in [0.1, 0.15) is 0 Å². The maximum Gasteiger partial charge on any atom is 0.251 e. The molecule has 2 rings (SSSR count). The Bertz CT molecular complexity index is 405. The normalized spacial score (nSPS) is 14.6. The van der Waals surface area contributed by atoms with E-state index >= 15 is 0 Å². The van der Waals surface area contributed by atoms with Gasteiger partial charge >= 0.3 is 0 Å². The summed E-state index contributed by atoms with van der Waals surface area (Å²) in [7, 11) is 0. The maximum absolute atomic E-state index is 11.7. The number of ether oxygens (including phenoxy) is 2. The second kappa shape index (κ2) is 4.40. The number of carbonyl (C=O) groups excluding carboxylic acids is 1. The molecule has 0 spiro atoms. The molecule has 5 heteroatoms. The summed E-state index contributed by atoms with van der Waals surface area (Å²) in [4.78, 5) is 11.7. The van der Waals surface area contributed by atoms with Gasteiger partial charge in [-0.1, -0.05) is 0 Å². The summed E-state index contributed by atoms with van der Waals surface area (Å²) in [5.74, 6) is 0.982. The Morgan fingerprint density at radius 2 is 2.25 bits per heavy atom. The number of fused-ring (bicyclic) bond motifs is 1. The molecule has 0 saturated heterocycles. The Morgan fingerprint density at radius 1 is 1.50 bits per heavy atom. The number of carbonyl (C=O) groups is 1. The first-order valence-electron chi connectivity index (χ1n) is 5.02. The fraction of sp³-hybridized carbons (Fsp3) is 0.364. The predicted octanol–water partition coefficient (Wildman–Crippen LogP) is 0.526. The lowest BCUT2D eigenvalue weighted by Gasteiger charge is -2.10. The van der Waals surface area contributed by atoms with Crippen LogP contribution in [-0.2, 0) is 0 Å². The molecule has 1 aromatic carbocycles. The molecular weight excluding hydrogens is 210 g/mol. The van der Waals surface area contributed by atoms with E-state index in [-0.39, 0.29) is 25.3 Å². The lowest BCUT2D eigenvalue weighted by Crippen LogP contribution is -2.34. The highest BCUT2D eigenvalue weighted by molar-refractivity contribution is 5.95. The van der Waals surface area contributed by atoms with Crippen molar-refractivity contribution in [3.05, 3.63) is 23.8 Å². The van der Waals surface area contributed by atoms with Crippen LogP contribution in [0.15, 0.2) is 18.2 Å². The van der Waals surface area contributed by atoms with E-state index in [1.807, 2.05) is 0 Å². The molecule has 1 atom stereocenters. The standard InChI is InChI=1S/C11H13NO4/c1-7(5-13)12-11(14)8-2-3-9-10(4-8)16-6-15-9/h2-4,7,13H,5-6H2,1H3,(H,12,14). The van der Waals surface area contributed by atoms with Crippen molar-refractivity contribution in [3.63, 3.8) is 0 Å². The summed E-state index contributed by atoms with van der Waals surface area (Å²) in [5.41, 5.74) is 0.490. The van der Waals surface area contributed by atoms with E-state index in [0.29, 0.717) is 17.1 Å². The second-order valence-electron chi connectivity index (χ2n) is 3.63. The largest absolute Gasteiger partial charge is 0.454 e. The van der Waals surface area contributed by atoms with Gasteiger partial charge in [-0.15, -0.1) is 0 Å². The van der Waals surface area contributed by atoms with Gasteiger partial charge in [0.05, 0.1) is 6.61 Å². The van der Waals surface area contributed by atoms with E-state index in [4.69, 9.17) is 14.6 Å². The Balaban J connectivity index is 2.12. The van der Waals surface area contributed by atoms with Crippen molar-refractivity contribution >= 4 is 5.91 Å². The second-order valence-corrected chi connectivity index (χ2v) is 3.63. The van der Waals surface area contributed by atoms with E-state index in [1.165, 1.54) is 0 Å². The fourth-order valence-corrected chi connectivity index (χ4v) is 1.39. The van der Waals surface area contributed by atoms with Crippen molar-refractivity contribution in [3.8, 4) is 11.5 Å². The third kappa shape index (κ3) is 2.09. The fourth-order valence-electron chi connectivity index (χ4n) is 1.39. The number of hydrogen-bond acceptors (Lipinski definition) is 4. The van der Waals surface area contributed by atoms with Gasteiger partial charge in [-0.05, 0) is 25.1 Å². The van der Waals surface area contributed by atoms with Crippen LogP contribution in [0.25, 0.3) is 0 Å². The van der Waals surface area contributed by atoms with Gasteiger partial charge in [0.25, 0.3) is 5.91 Å². The summed E-state index contributed by atoms with van der Waals surface area (Å²) in [6.45, 7) is 1.83. The number of rotatable bonds is 3. The Labute approximate surface area is 93.0 Å². The molecule has 1 aromatic rings. The van der Waals surface area contributed by atoms with Crippen molar-refractivity contribution < 1.29 is 19.4 Å². The van der Waals surface area contributed by atoms with Crippen LogP contribution in [0.3, 0.4) is 0 Å². The average Bonchev–Trinajstić information content (AvgIpc) is 2.75. The van der Waals surface area contributed by atoms with Crippen molar-refractivity contribution in [2.75, 3.05) is 13.4 Å². The van der Waals surface area contributed by atoms with Gasteiger partial charge < -0.3 is 19.9 Å². The summed E-state index contributed by atoms with van der Waals surface area (Å²) in [6.07, 6.45) is 0. The first-order chi connectivity index (χ1) is 7.70. The molecular formula is C11H13NO4. The van der Waals surface area contributed by atoms with Crippen molar-refractivity contribution in [2.24, 2.45) is 0 Å². The average molecular weight is 223 g/mol.